The molecule has 2 rings (SSSR count). The minimum absolute atomic E-state index is 0.102. The van der Waals surface area contributed by atoms with Gasteiger partial charge in [0.2, 0.25) is 0 Å². The van der Waals surface area contributed by atoms with Crippen LogP contribution in [0, 0.1) is 0 Å². The van der Waals surface area contributed by atoms with Gasteiger partial charge in [-0.3, -0.25) is 0 Å². The molecule has 0 fully saturated rings. The van der Waals surface area contributed by atoms with Crippen LogP contribution in [0.3, 0.4) is 0 Å². The number of hydrogen-bond donors (Lipinski definition) is 2. The van der Waals surface area contributed by atoms with Gasteiger partial charge in [0, 0.05) is 13.1 Å². The lowest BCUT2D eigenvalue weighted by Gasteiger charge is -2.10. The molecule has 0 atom stereocenters. The molecule has 4 heteroatoms. The van der Waals surface area contributed by atoms with Gasteiger partial charge in [-0.2, -0.15) is 0 Å². The number of fused-ring (bicyclic) bond motifs is 1. The number of benzene rings is 2. The van der Waals surface area contributed by atoms with Gasteiger partial charge in [0.15, 0.2) is 0 Å². The molecule has 4 nitrogen and oxygen atoms in total. The molecule has 0 aliphatic rings. The maximum Gasteiger partial charge on any atom is 0.314 e. The fraction of sp³-hybridized carbons (Fsp3) is 0.353. The van der Waals surface area contributed by atoms with Crippen LogP contribution < -0.4 is 15.4 Å². The van der Waals surface area contributed by atoms with Crippen LogP contribution in [0.15, 0.2) is 36.4 Å². The summed E-state index contributed by atoms with van der Waals surface area (Å²) in [6.45, 7) is 3.35. The first-order valence-corrected chi connectivity index (χ1v) is 7.32. The lowest BCUT2D eigenvalue weighted by Crippen LogP contribution is -2.36. The van der Waals surface area contributed by atoms with Crippen LogP contribution in [-0.4, -0.2) is 26.2 Å². The first-order valence-electron chi connectivity index (χ1n) is 7.32. The number of methoxy groups -OCH3 is 1. The third-order valence-electron chi connectivity index (χ3n) is 3.40. The summed E-state index contributed by atoms with van der Waals surface area (Å²) in [6.07, 6.45) is 1.74. The van der Waals surface area contributed by atoms with Gasteiger partial charge < -0.3 is 15.4 Å². The van der Waals surface area contributed by atoms with Crippen LogP contribution in [0.2, 0.25) is 0 Å². The lowest BCUT2D eigenvalue weighted by atomic mass is 10.0. The molecule has 2 N–H and O–H groups in total. The van der Waals surface area contributed by atoms with Gasteiger partial charge >= 0.3 is 6.03 Å². The molecule has 0 unspecified atom stereocenters. The zero-order valence-electron chi connectivity index (χ0n) is 12.6. The molecule has 0 bridgehead atoms. The van der Waals surface area contributed by atoms with E-state index in [4.69, 9.17) is 4.74 Å². The summed E-state index contributed by atoms with van der Waals surface area (Å²) in [5.74, 6) is 0.851. The predicted molar refractivity (Wildman–Crippen MR) is 85.9 cm³/mol. The van der Waals surface area contributed by atoms with Gasteiger partial charge in [0.25, 0.3) is 0 Å². The Balaban J connectivity index is 2.03. The molecule has 0 aromatic heterocycles. The lowest BCUT2D eigenvalue weighted by molar-refractivity contribution is 0.241. The highest BCUT2D eigenvalue weighted by atomic mass is 16.5. The van der Waals surface area contributed by atoms with Gasteiger partial charge in [-0.1, -0.05) is 31.2 Å². The Labute approximate surface area is 125 Å². The van der Waals surface area contributed by atoms with Crippen molar-refractivity contribution in [3.8, 4) is 5.75 Å². The number of ether oxygens (including phenoxy) is 1. The Morgan fingerprint density at radius 1 is 1.14 bits per heavy atom. The Bertz CT molecular complexity index is 611. The minimum Gasteiger partial charge on any atom is -0.497 e. The molecule has 0 saturated heterocycles. The molecule has 0 radical (unpaired) electrons. The number of rotatable bonds is 6. The monoisotopic (exact) mass is 286 g/mol. The van der Waals surface area contributed by atoms with Crippen LogP contribution >= 0.6 is 0 Å². The maximum absolute atomic E-state index is 11.5. The van der Waals surface area contributed by atoms with Crippen molar-refractivity contribution >= 4 is 16.8 Å². The van der Waals surface area contributed by atoms with Gasteiger partial charge in [-0.15, -0.1) is 0 Å². The average molecular weight is 286 g/mol. The van der Waals surface area contributed by atoms with Crippen molar-refractivity contribution in [2.45, 2.75) is 19.8 Å². The molecule has 112 valence electrons. The van der Waals surface area contributed by atoms with E-state index in [0.717, 1.165) is 18.6 Å². The Kier molecular flexibility index (Phi) is 5.43. The summed E-state index contributed by atoms with van der Waals surface area (Å²) in [5, 5.41) is 8.04. The van der Waals surface area contributed by atoms with E-state index in [2.05, 4.69) is 28.8 Å². The maximum atomic E-state index is 11.5. The number of urea groups is 1. The number of nitrogens with one attached hydrogen (secondary N) is 2. The highest BCUT2D eigenvalue weighted by Gasteiger charge is 2.04. The second-order valence-electron chi connectivity index (χ2n) is 4.94. The molecule has 0 aliphatic carbocycles. The van der Waals surface area contributed by atoms with Crippen molar-refractivity contribution in [1.29, 1.82) is 0 Å². The van der Waals surface area contributed by atoms with Crippen LogP contribution in [0.1, 0.15) is 18.9 Å². The van der Waals surface area contributed by atoms with Crippen molar-refractivity contribution in [1.82, 2.24) is 10.6 Å². The average Bonchev–Trinajstić information content (AvgIpc) is 2.52. The number of carbonyl (C=O) groups excluding carboxylic acids is 1. The van der Waals surface area contributed by atoms with Crippen molar-refractivity contribution in [3.63, 3.8) is 0 Å². The standard InChI is InChI=1S/C17H22N2O2/c1-3-10-18-17(20)19-11-9-14-6-4-5-13-7-8-15(21-2)12-16(13)14/h4-8,12H,3,9-11H2,1-2H3,(H2,18,19,20). The van der Waals surface area contributed by atoms with Gasteiger partial charge in [0.1, 0.15) is 5.75 Å². The number of carbonyl (C=O) groups is 1. The first-order chi connectivity index (χ1) is 10.2. The molecule has 0 heterocycles. The summed E-state index contributed by atoms with van der Waals surface area (Å²) in [6, 6.07) is 12.2. The Hall–Kier alpha value is -2.23. The highest BCUT2D eigenvalue weighted by Crippen LogP contribution is 2.24. The Morgan fingerprint density at radius 3 is 2.71 bits per heavy atom. The number of hydrogen-bond acceptors (Lipinski definition) is 2. The molecule has 0 spiro atoms. The van der Waals surface area contributed by atoms with Crippen molar-refractivity contribution in [2.24, 2.45) is 0 Å². The van der Waals surface area contributed by atoms with E-state index in [1.807, 2.05) is 25.1 Å². The molecule has 21 heavy (non-hydrogen) atoms. The molecule has 2 aromatic rings. The molecule has 2 amide bonds. The molecular formula is C17H22N2O2. The highest BCUT2D eigenvalue weighted by molar-refractivity contribution is 5.87. The summed E-state index contributed by atoms with van der Waals surface area (Å²) in [7, 11) is 1.67. The normalized spacial score (nSPS) is 10.4. The van der Waals surface area contributed by atoms with E-state index in [0.29, 0.717) is 13.1 Å². The van der Waals surface area contributed by atoms with Crippen molar-refractivity contribution in [3.05, 3.63) is 42.0 Å². The Morgan fingerprint density at radius 2 is 1.95 bits per heavy atom. The molecule has 0 aliphatic heterocycles. The first kappa shape index (κ1) is 15.2. The summed E-state index contributed by atoms with van der Waals surface area (Å²) in [5.41, 5.74) is 1.21. The largest absolute Gasteiger partial charge is 0.497 e. The van der Waals surface area contributed by atoms with Gasteiger partial charge in [0.05, 0.1) is 7.11 Å². The third kappa shape index (κ3) is 4.12. The van der Waals surface area contributed by atoms with Crippen LogP contribution in [0.25, 0.3) is 10.8 Å². The van der Waals surface area contributed by atoms with E-state index in [9.17, 15) is 4.79 Å². The fourth-order valence-electron chi connectivity index (χ4n) is 2.27. The molecular weight excluding hydrogens is 264 g/mol. The van der Waals surface area contributed by atoms with E-state index >= 15 is 0 Å². The second-order valence-corrected chi connectivity index (χ2v) is 4.94. The SMILES string of the molecule is CCCNC(=O)NCCc1cccc2ccc(OC)cc12. The smallest absolute Gasteiger partial charge is 0.314 e. The topological polar surface area (TPSA) is 50.4 Å². The second kappa shape index (κ2) is 7.53. The minimum atomic E-state index is -0.102. The zero-order valence-corrected chi connectivity index (χ0v) is 12.6. The van der Waals surface area contributed by atoms with Gasteiger partial charge in [-0.05, 0) is 41.3 Å². The number of amides is 2. The van der Waals surface area contributed by atoms with E-state index < -0.39 is 0 Å². The molecule has 2 aromatic carbocycles. The van der Waals surface area contributed by atoms with E-state index in [1.165, 1.54) is 16.3 Å². The van der Waals surface area contributed by atoms with Crippen molar-refractivity contribution in [2.75, 3.05) is 20.2 Å². The van der Waals surface area contributed by atoms with E-state index in [-0.39, 0.29) is 6.03 Å². The summed E-state index contributed by atoms with van der Waals surface area (Å²) >= 11 is 0. The quantitative estimate of drug-likeness (QED) is 0.857. The molecule has 0 saturated carbocycles. The zero-order chi connectivity index (χ0) is 15.1. The summed E-state index contributed by atoms with van der Waals surface area (Å²) < 4.78 is 5.28. The van der Waals surface area contributed by atoms with E-state index in [1.54, 1.807) is 7.11 Å². The van der Waals surface area contributed by atoms with Crippen LogP contribution in [-0.2, 0) is 6.42 Å². The van der Waals surface area contributed by atoms with Crippen LogP contribution in [0.4, 0.5) is 4.79 Å². The van der Waals surface area contributed by atoms with Crippen molar-refractivity contribution < 1.29 is 9.53 Å². The third-order valence-corrected chi connectivity index (χ3v) is 3.40. The van der Waals surface area contributed by atoms with Gasteiger partial charge in [-0.25, -0.2) is 4.79 Å². The predicted octanol–water partition coefficient (Wildman–Crippen LogP) is 3.10. The van der Waals surface area contributed by atoms with Crippen LogP contribution in [0.5, 0.6) is 5.75 Å². The fourth-order valence-corrected chi connectivity index (χ4v) is 2.27. The summed E-state index contributed by atoms with van der Waals surface area (Å²) in [4.78, 5) is 11.5.